The summed E-state index contributed by atoms with van der Waals surface area (Å²) in [5.74, 6) is -0.535. The molecule has 5 nitrogen and oxygen atoms in total. The maximum absolute atomic E-state index is 12.4. The summed E-state index contributed by atoms with van der Waals surface area (Å²) < 4.78 is 0. The molecule has 1 amide bonds. The molecule has 1 N–H and O–H groups in total. The van der Waals surface area contributed by atoms with E-state index in [1.807, 2.05) is 11.9 Å². The van der Waals surface area contributed by atoms with Crippen molar-refractivity contribution in [3.8, 4) is 0 Å². The second kappa shape index (κ2) is 11.5. The van der Waals surface area contributed by atoms with Crippen LogP contribution in [-0.2, 0) is 9.59 Å². The van der Waals surface area contributed by atoms with Crippen molar-refractivity contribution in [2.75, 3.05) is 6.54 Å². The van der Waals surface area contributed by atoms with Gasteiger partial charge in [0.25, 0.3) is 0 Å². The van der Waals surface area contributed by atoms with E-state index in [2.05, 4.69) is 32.7 Å². The lowest BCUT2D eigenvalue weighted by Gasteiger charge is -2.40. The summed E-state index contributed by atoms with van der Waals surface area (Å²) >= 11 is 0. The second-order valence-corrected chi connectivity index (χ2v) is 6.34. The molecule has 0 aliphatic rings. The molecule has 0 unspecified atom stereocenters. The van der Waals surface area contributed by atoms with E-state index < -0.39 is 5.97 Å². The zero-order chi connectivity index (χ0) is 17.1. The summed E-state index contributed by atoms with van der Waals surface area (Å²) in [5.41, 5.74) is 0. The van der Waals surface area contributed by atoms with Gasteiger partial charge in [-0.15, -0.1) is 0 Å². The first kappa shape index (κ1) is 20.9. The van der Waals surface area contributed by atoms with Crippen molar-refractivity contribution in [3.63, 3.8) is 0 Å². The monoisotopic (exact) mass is 314 g/mol. The summed E-state index contributed by atoms with van der Waals surface area (Å²) in [4.78, 5) is 22.8. The van der Waals surface area contributed by atoms with Gasteiger partial charge in [-0.25, -0.2) is 5.01 Å². The molecule has 5 heteroatoms. The van der Waals surface area contributed by atoms with E-state index in [0.29, 0.717) is 25.0 Å². The first-order valence-corrected chi connectivity index (χ1v) is 8.61. The quantitative estimate of drug-likeness (QED) is 0.441. The number of unbranched alkanes of at least 4 members (excludes halogenated alkanes) is 4. The molecule has 0 fully saturated rings. The van der Waals surface area contributed by atoms with Crippen molar-refractivity contribution in [2.24, 2.45) is 0 Å². The smallest absolute Gasteiger partial charge is 0.303 e. The highest BCUT2D eigenvalue weighted by Gasteiger charge is 2.24. The minimum absolute atomic E-state index is 0.190. The average molecular weight is 314 g/mol. The Morgan fingerprint density at radius 1 is 0.864 bits per heavy atom. The van der Waals surface area contributed by atoms with Gasteiger partial charge in [0.15, 0.2) is 0 Å². The van der Waals surface area contributed by atoms with Crippen molar-refractivity contribution < 1.29 is 14.7 Å². The number of carbonyl (C=O) groups is 2. The van der Waals surface area contributed by atoms with Gasteiger partial charge in [0.05, 0.1) is 0 Å². The first-order valence-electron chi connectivity index (χ1n) is 8.61. The normalized spacial score (nSPS) is 11.5. The number of aliphatic carboxylic acids is 1. The Hall–Kier alpha value is -1.10. The number of rotatable bonds is 12. The van der Waals surface area contributed by atoms with Crippen molar-refractivity contribution >= 4 is 11.9 Å². The molecule has 0 aliphatic carbocycles. The molecule has 0 rings (SSSR count). The van der Waals surface area contributed by atoms with Crippen molar-refractivity contribution in [3.05, 3.63) is 0 Å². The van der Waals surface area contributed by atoms with Gasteiger partial charge in [-0.3, -0.25) is 14.6 Å². The number of carbonyl (C=O) groups excluding carboxylic acids is 1. The molecule has 0 radical (unpaired) electrons. The number of hydrazine groups is 1. The van der Waals surface area contributed by atoms with Crippen molar-refractivity contribution in [1.82, 2.24) is 10.0 Å². The molecule has 0 saturated heterocycles. The SMILES string of the molecule is CCN(C(=O)CCCCCCCC(=O)O)N(C(C)C)C(C)C. The molecule has 0 bridgehead atoms. The van der Waals surface area contributed by atoms with Gasteiger partial charge in [0.1, 0.15) is 0 Å². The van der Waals surface area contributed by atoms with Crippen LogP contribution in [0.1, 0.15) is 79.6 Å². The molecule has 0 spiro atoms. The first-order chi connectivity index (χ1) is 10.3. The van der Waals surface area contributed by atoms with Crippen LogP contribution in [0.5, 0.6) is 0 Å². The Morgan fingerprint density at radius 2 is 1.32 bits per heavy atom. The zero-order valence-corrected chi connectivity index (χ0v) is 15.0. The van der Waals surface area contributed by atoms with Gasteiger partial charge in [0, 0.05) is 31.5 Å². The molecular weight excluding hydrogens is 280 g/mol. The topological polar surface area (TPSA) is 60.9 Å². The number of carboxylic acid groups (broad SMARTS) is 1. The average Bonchev–Trinajstić information content (AvgIpc) is 2.41. The summed E-state index contributed by atoms with van der Waals surface area (Å²) in [6, 6.07) is 0.611. The lowest BCUT2D eigenvalue weighted by molar-refractivity contribution is -0.156. The van der Waals surface area contributed by atoms with Crippen LogP contribution in [0.25, 0.3) is 0 Å². The maximum Gasteiger partial charge on any atom is 0.303 e. The highest BCUT2D eigenvalue weighted by atomic mass is 16.4. The third kappa shape index (κ3) is 8.37. The van der Waals surface area contributed by atoms with Crippen LogP contribution < -0.4 is 0 Å². The van der Waals surface area contributed by atoms with E-state index in [1.54, 1.807) is 0 Å². The van der Waals surface area contributed by atoms with Gasteiger partial charge in [-0.05, 0) is 47.5 Å². The molecule has 0 saturated carbocycles. The van der Waals surface area contributed by atoms with E-state index >= 15 is 0 Å². The van der Waals surface area contributed by atoms with Crippen LogP contribution in [0.4, 0.5) is 0 Å². The Bertz CT molecular complexity index is 322. The number of nitrogens with zero attached hydrogens (tertiary/aromatic N) is 2. The van der Waals surface area contributed by atoms with Crippen LogP contribution >= 0.6 is 0 Å². The highest BCUT2D eigenvalue weighted by Crippen LogP contribution is 2.14. The van der Waals surface area contributed by atoms with E-state index in [1.165, 1.54) is 0 Å². The van der Waals surface area contributed by atoms with Crippen LogP contribution in [0.2, 0.25) is 0 Å². The summed E-state index contributed by atoms with van der Waals surface area (Å²) in [6.45, 7) is 11.2. The fourth-order valence-corrected chi connectivity index (χ4v) is 2.83. The highest BCUT2D eigenvalue weighted by molar-refractivity contribution is 5.75. The Morgan fingerprint density at radius 3 is 1.73 bits per heavy atom. The lowest BCUT2D eigenvalue weighted by atomic mass is 10.1. The standard InChI is InChI=1S/C17H34N2O3/c1-6-18(19(14(2)3)15(4)5)16(20)12-10-8-7-9-11-13-17(21)22/h14-15H,6-13H2,1-5H3,(H,21,22). The number of amides is 1. The Labute approximate surface area is 135 Å². The third-order valence-corrected chi connectivity index (χ3v) is 3.71. The fraction of sp³-hybridized carbons (Fsp3) is 0.882. The van der Waals surface area contributed by atoms with E-state index in [0.717, 1.165) is 32.1 Å². The molecule has 0 aromatic heterocycles. The fourth-order valence-electron chi connectivity index (χ4n) is 2.83. The number of carboxylic acids is 1. The van der Waals surface area contributed by atoms with Gasteiger partial charge < -0.3 is 5.11 Å². The van der Waals surface area contributed by atoms with Gasteiger partial charge in [0.2, 0.25) is 5.91 Å². The summed E-state index contributed by atoms with van der Waals surface area (Å²) in [6.07, 6.45) is 5.37. The zero-order valence-electron chi connectivity index (χ0n) is 15.0. The molecule has 0 heterocycles. The largest absolute Gasteiger partial charge is 0.481 e. The minimum Gasteiger partial charge on any atom is -0.481 e. The van der Waals surface area contributed by atoms with Crippen LogP contribution in [-0.4, -0.2) is 45.6 Å². The van der Waals surface area contributed by atoms with Crippen LogP contribution in [0.3, 0.4) is 0 Å². The predicted octanol–water partition coefficient (Wildman–Crippen LogP) is 3.68. The molecule has 130 valence electrons. The molecule has 22 heavy (non-hydrogen) atoms. The van der Waals surface area contributed by atoms with Gasteiger partial charge >= 0.3 is 5.97 Å². The molecular formula is C17H34N2O3. The molecule has 0 aromatic rings. The van der Waals surface area contributed by atoms with Gasteiger partial charge in [-0.2, -0.15) is 0 Å². The minimum atomic E-state index is -0.726. The van der Waals surface area contributed by atoms with Crippen molar-refractivity contribution in [1.29, 1.82) is 0 Å². The van der Waals surface area contributed by atoms with Crippen LogP contribution in [0, 0.1) is 0 Å². The van der Waals surface area contributed by atoms with E-state index in [4.69, 9.17) is 5.11 Å². The van der Waals surface area contributed by atoms with E-state index in [-0.39, 0.29) is 12.3 Å². The number of hydrogen-bond donors (Lipinski definition) is 1. The van der Waals surface area contributed by atoms with Crippen molar-refractivity contribution in [2.45, 2.75) is 91.6 Å². The lowest BCUT2D eigenvalue weighted by Crippen LogP contribution is -2.53. The maximum atomic E-state index is 12.4. The summed E-state index contributed by atoms with van der Waals surface area (Å²) in [7, 11) is 0. The summed E-state index contributed by atoms with van der Waals surface area (Å²) in [5, 5.41) is 12.6. The molecule has 0 aromatic carbocycles. The van der Waals surface area contributed by atoms with Crippen LogP contribution in [0.15, 0.2) is 0 Å². The third-order valence-electron chi connectivity index (χ3n) is 3.71. The molecule has 0 aliphatic heterocycles. The Balaban J connectivity index is 4.09. The van der Waals surface area contributed by atoms with Gasteiger partial charge in [-0.1, -0.05) is 19.3 Å². The molecule has 0 atom stereocenters. The predicted molar refractivity (Wildman–Crippen MR) is 89.5 cm³/mol. The van der Waals surface area contributed by atoms with E-state index in [9.17, 15) is 9.59 Å². The number of hydrogen-bond acceptors (Lipinski definition) is 3. The Kier molecular flexibility index (Phi) is 10.9. The second-order valence-electron chi connectivity index (χ2n) is 6.34.